The highest BCUT2D eigenvalue weighted by atomic mass is 35.5. The zero-order valence-corrected chi connectivity index (χ0v) is 17.5. The molecule has 1 aromatic heterocycles. The number of carboxylic acid groups (broad SMARTS) is 1. The average Bonchev–Trinajstić information content (AvgIpc) is 3.14. The predicted octanol–water partition coefficient (Wildman–Crippen LogP) is 7.10. The second-order valence-electron chi connectivity index (χ2n) is 6.62. The summed E-state index contributed by atoms with van der Waals surface area (Å²) in [5, 5.41) is 10.2. The standard InChI is InChI=1S/C21H13ClF6O3S/c22-12-4-1-10(2-5-12)14-9-32-20(21(26,27)28)13(14)8-31-19-15(23)7-11(3-6-16(29)30)17(24)18(19)25/h1-2,4-5,7,9H,3,6,8H2,(H,29,30). The third-order valence-corrected chi connectivity index (χ3v) is 5.79. The quantitative estimate of drug-likeness (QED) is 0.281. The number of ether oxygens (including phenoxy) is 1. The van der Waals surface area contributed by atoms with Crippen molar-refractivity contribution in [3.63, 3.8) is 0 Å². The molecule has 32 heavy (non-hydrogen) atoms. The summed E-state index contributed by atoms with van der Waals surface area (Å²) < 4.78 is 88.3. The van der Waals surface area contributed by atoms with Gasteiger partial charge in [-0.2, -0.15) is 17.6 Å². The van der Waals surface area contributed by atoms with Crippen molar-refractivity contribution >= 4 is 28.9 Å². The summed E-state index contributed by atoms with van der Waals surface area (Å²) in [7, 11) is 0. The maximum atomic E-state index is 14.4. The summed E-state index contributed by atoms with van der Waals surface area (Å²) in [6.45, 7) is -0.891. The van der Waals surface area contributed by atoms with Gasteiger partial charge in [-0.3, -0.25) is 4.79 Å². The van der Waals surface area contributed by atoms with E-state index >= 15 is 0 Å². The van der Waals surface area contributed by atoms with Gasteiger partial charge in [-0.15, -0.1) is 11.3 Å². The van der Waals surface area contributed by atoms with Crippen molar-refractivity contribution < 1.29 is 41.0 Å². The Morgan fingerprint density at radius 3 is 2.34 bits per heavy atom. The lowest BCUT2D eigenvalue weighted by molar-refractivity contribution is -0.137. The average molecular weight is 495 g/mol. The number of benzene rings is 2. The monoisotopic (exact) mass is 494 g/mol. The first-order valence-corrected chi connectivity index (χ1v) is 10.2. The van der Waals surface area contributed by atoms with E-state index in [2.05, 4.69) is 0 Å². The highest BCUT2D eigenvalue weighted by molar-refractivity contribution is 7.10. The normalized spacial score (nSPS) is 11.6. The summed E-state index contributed by atoms with van der Waals surface area (Å²) in [5.41, 5.74) is -0.406. The van der Waals surface area contributed by atoms with Crippen molar-refractivity contribution in [2.75, 3.05) is 0 Å². The Labute approximate surface area is 186 Å². The van der Waals surface area contributed by atoms with E-state index in [1.165, 1.54) is 29.6 Å². The van der Waals surface area contributed by atoms with E-state index < -0.39 is 65.2 Å². The molecule has 1 heterocycles. The highest BCUT2D eigenvalue weighted by Gasteiger charge is 2.37. The minimum Gasteiger partial charge on any atom is -0.483 e. The molecule has 0 aliphatic heterocycles. The van der Waals surface area contributed by atoms with Gasteiger partial charge >= 0.3 is 12.1 Å². The minimum absolute atomic E-state index is 0.123. The number of carbonyl (C=O) groups is 1. The molecular weight excluding hydrogens is 482 g/mol. The van der Waals surface area contributed by atoms with Gasteiger partial charge < -0.3 is 9.84 Å². The van der Waals surface area contributed by atoms with Gasteiger partial charge in [0.05, 0.1) is 0 Å². The zero-order valence-electron chi connectivity index (χ0n) is 15.9. The molecule has 0 unspecified atom stereocenters. The van der Waals surface area contributed by atoms with Crippen LogP contribution in [0.2, 0.25) is 5.02 Å². The number of thiophene rings is 1. The van der Waals surface area contributed by atoms with E-state index in [0.717, 1.165) is 0 Å². The maximum absolute atomic E-state index is 14.4. The molecular formula is C21H13ClF6O3S. The molecule has 0 spiro atoms. The molecule has 0 radical (unpaired) electrons. The predicted molar refractivity (Wildman–Crippen MR) is 106 cm³/mol. The summed E-state index contributed by atoms with van der Waals surface area (Å²) >= 11 is 6.19. The van der Waals surface area contributed by atoms with Crippen molar-refractivity contribution in [2.45, 2.75) is 25.6 Å². The first kappa shape index (κ1) is 23.9. The summed E-state index contributed by atoms with van der Waals surface area (Å²) in [6, 6.07) is 6.46. The summed E-state index contributed by atoms with van der Waals surface area (Å²) in [6.07, 6.45) is -5.79. The van der Waals surface area contributed by atoms with Gasteiger partial charge in [-0.1, -0.05) is 23.7 Å². The fourth-order valence-corrected chi connectivity index (χ4v) is 4.05. The van der Waals surface area contributed by atoms with Crippen LogP contribution in [0, 0.1) is 17.5 Å². The van der Waals surface area contributed by atoms with Gasteiger partial charge in [0.15, 0.2) is 17.4 Å². The van der Waals surface area contributed by atoms with Crippen LogP contribution in [0.15, 0.2) is 35.7 Å². The molecule has 0 amide bonds. The lowest BCUT2D eigenvalue weighted by Crippen LogP contribution is -2.10. The molecule has 170 valence electrons. The van der Waals surface area contributed by atoms with E-state index in [1.807, 2.05) is 0 Å². The summed E-state index contributed by atoms with van der Waals surface area (Å²) in [4.78, 5) is 9.58. The number of hydrogen-bond acceptors (Lipinski definition) is 3. The van der Waals surface area contributed by atoms with Gasteiger partial charge in [0.2, 0.25) is 5.82 Å². The second kappa shape index (κ2) is 9.41. The largest absolute Gasteiger partial charge is 0.483 e. The van der Waals surface area contributed by atoms with Crippen molar-refractivity contribution in [1.82, 2.24) is 0 Å². The lowest BCUT2D eigenvalue weighted by Gasteiger charge is -2.14. The van der Waals surface area contributed by atoms with Gasteiger partial charge in [-0.05, 0) is 46.7 Å². The first-order chi connectivity index (χ1) is 15.0. The molecule has 3 aromatic rings. The van der Waals surface area contributed by atoms with E-state index in [-0.39, 0.29) is 11.1 Å². The Morgan fingerprint density at radius 2 is 1.75 bits per heavy atom. The Morgan fingerprint density at radius 1 is 1.09 bits per heavy atom. The van der Waals surface area contributed by atoms with E-state index in [0.29, 0.717) is 28.0 Å². The minimum atomic E-state index is -4.75. The number of alkyl halides is 3. The van der Waals surface area contributed by atoms with E-state index in [4.69, 9.17) is 21.4 Å². The molecule has 0 aliphatic rings. The fourth-order valence-electron chi connectivity index (χ4n) is 2.96. The molecule has 0 bridgehead atoms. The molecule has 0 atom stereocenters. The highest BCUT2D eigenvalue weighted by Crippen LogP contribution is 2.42. The van der Waals surface area contributed by atoms with Crippen LogP contribution in [-0.4, -0.2) is 11.1 Å². The molecule has 1 N–H and O–H groups in total. The van der Waals surface area contributed by atoms with Crippen molar-refractivity contribution in [1.29, 1.82) is 0 Å². The Balaban J connectivity index is 1.96. The smallest absolute Gasteiger partial charge is 0.426 e. The van der Waals surface area contributed by atoms with E-state index in [1.54, 1.807) is 0 Å². The van der Waals surface area contributed by atoms with Crippen LogP contribution in [0.3, 0.4) is 0 Å². The first-order valence-electron chi connectivity index (χ1n) is 8.93. The summed E-state index contributed by atoms with van der Waals surface area (Å²) in [5.74, 6) is -7.12. The van der Waals surface area contributed by atoms with Crippen LogP contribution in [0.4, 0.5) is 26.3 Å². The van der Waals surface area contributed by atoms with Crippen LogP contribution in [-0.2, 0) is 24.0 Å². The van der Waals surface area contributed by atoms with Gasteiger partial charge in [0.25, 0.3) is 0 Å². The molecule has 11 heteroatoms. The second-order valence-corrected chi connectivity index (χ2v) is 7.93. The van der Waals surface area contributed by atoms with Crippen molar-refractivity contribution in [3.05, 3.63) is 74.2 Å². The zero-order chi connectivity index (χ0) is 23.6. The van der Waals surface area contributed by atoms with Crippen LogP contribution >= 0.6 is 22.9 Å². The number of aliphatic carboxylic acids is 1. The van der Waals surface area contributed by atoms with Crippen LogP contribution in [0.1, 0.15) is 22.4 Å². The van der Waals surface area contributed by atoms with Gasteiger partial charge in [-0.25, -0.2) is 8.78 Å². The molecule has 0 fully saturated rings. The number of aryl methyl sites for hydroxylation is 1. The van der Waals surface area contributed by atoms with Gasteiger partial charge in [0.1, 0.15) is 11.5 Å². The van der Waals surface area contributed by atoms with Crippen LogP contribution < -0.4 is 4.74 Å². The third-order valence-electron chi connectivity index (χ3n) is 4.47. The van der Waals surface area contributed by atoms with Crippen LogP contribution in [0.5, 0.6) is 5.75 Å². The molecule has 2 aromatic carbocycles. The van der Waals surface area contributed by atoms with E-state index in [9.17, 15) is 31.1 Å². The SMILES string of the molecule is O=C(O)CCc1cc(F)c(OCc2c(-c3ccc(Cl)cc3)csc2C(F)(F)F)c(F)c1F. The molecule has 0 saturated heterocycles. The number of carboxylic acids is 1. The fraction of sp³-hybridized carbons (Fsp3) is 0.190. The number of hydrogen-bond donors (Lipinski definition) is 1. The maximum Gasteiger partial charge on any atom is 0.426 e. The van der Waals surface area contributed by atoms with Gasteiger partial charge in [0, 0.05) is 17.0 Å². The van der Waals surface area contributed by atoms with Crippen LogP contribution in [0.25, 0.3) is 11.1 Å². The Kier molecular flexibility index (Phi) is 7.04. The number of halogens is 7. The topological polar surface area (TPSA) is 46.5 Å². The Bertz CT molecular complexity index is 1140. The van der Waals surface area contributed by atoms with Crippen molar-refractivity contribution in [3.8, 4) is 16.9 Å². The molecule has 3 rings (SSSR count). The molecule has 0 saturated carbocycles. The van der Waals surface area contributed by atoms with Crippen molar-refractivity contribution in [2.24, 2.45) is 0 Å². The Hall–Kier alpha value is -2.72. The molecule has 3 nitrogen and oxygen atoms in total. The lowest BCUT2D eigenvalue weighted by atomic mass is 10.0. The molecule has 0 aliphatic carbocycles. The number of rotatable bonds is 7. The third kappa shape index (κ3) is 5.18.